The van der Waals surface area contributed by atoms with E-state index >= 15 is 0 Å². The Kier molecular flexibility index (Phi) is 6.60. The fourth-order valence-electron chi connectivity index (χ4n) is 1.85. The van der Waals surface area contributed by atoms with Crippen LogP contribution in [0.3, 0.4) is 0 Å². The molecule has 0 aliphatic heterocycles. The first kappa shape index (κ1) is 17.8. The van der Waals surface area contributed by atoms with Crippen molar-refractivity contribution in [1.82, 2.24) is 10.6 Å². The maximum absolute atomic E-state index is 12.3. The summed E-state index contributed by atoms with van der Waals surface area (Å²) in [5.41, 5.74) is 0.767. The summed E-state index contributed by atoms with van der Waals surface area (Å²) < 4.78 is 5.02. The zero-order chi connectivity index (χ0) is 17.4. The molecule has 0 unspecified atom stereocenters. The van der Waals surface area contributed by atoms with Crippen molar-refractivity contribution < 1.29 is 19.1 Å². The molecule has 0 fully saturated rings. The molecular formula is C17H17ClN2O4. The van der Waals surface area contributed by atoms with Gasteiger partial charge in [0.2, 0.25) is 0 Å². The van der Waals surface area contributed by atoms with E-state index in [-0.39, 0.29) is 18.1 Å². The number of hydrogen-bond donors (Lipinski definition) is 3. The number of carbonyl (C=O) groups excluding carboxylic acids is 2. The molecule has 1 aromatic heterocycles. The Morgan fingerprint density at radius 3 is 2.58 bits per heavy atom. The predicted octanol–water partition coefficient (Wildman–Crippen LogP) is 2.20. The lowest BCUT2D eigenvalue weighted by molar-refractivity contribution is -0.117. The van der Waals surface area contributed by atoms with Crippen molar-refractivity contribution in [3.05, 3.63) is 64.7 Å². The summed E-state index contributed by atoms with van der Waals surface area (Å²) in [6, 6.07) is 9.90. The van der Waals surface area contributed by atoms with Gasteiger partial charge in [-0.05, 0) is 42.3 Å². The Bertz CT molecular complexity index is 709. The van der Waals surface area contributed by atoms with Crippen LogP contribution in [-0.4, -0.2) is 30.1 Å². The first-order chi connectivity index (χ1) is 11.6. The minimum Gasteiger partial charge on any atom is -0.459 e. The third kappa shape index (κ3) is 5.26. The van der Waals surface area contributed by atoms with Crippen molar-refractivity contribution in [2.24, 2.45) is 0 Å². The first-order valence-corrected chi connectivity index (χ1v) is 7.69. The topological polar surface area (TPSA) is 91.6 Å². The van der Waals surface area contributed by atoms with Crippen LogP contribution in [0.15, 0.2) is 52.8 Å². The summed E-state index contributed by atoms with van der Waals surface area (Å²) in [6.45, 7) is 0.263. The second-order valence-corrected chi connectivity index (χ2v) is 5.31. The lowest BCUT2D eigenvalue weighted by Gasteiger charge is -2.10. The SMILES string of the molecule is O=C(NCCCO)/C(=C/c1ccc(Cl)cc1)NC(=O)c1ccco1. The van der Waals surface area contributed by atoms with Gasteiger partial charge in [-0.25, -0.2) is 0 Å². The van der Waals surface area contributed by atoms with Crippen LogP contribution in [0.2, 0.25) is 5.02 Å². The molecule has 0 aliphatic carbocycles. The lowest BCUT2D eigenvalue weighted by Crippen LogP contribution is -2.35. The molecule has 0 bridgehead atoms. The van der Waals surface area contributed by atoms with Gasteiger partial charge in [0.1, 0.15) is 5.70 Å². The predicted molar refractivity (Wildman–Crippen MR) is 90.3 cm³/mol. The fraction of sp³-hybridized carbons (Fsp3) is 0.176. The molecule has 0 aliphatic rings. The minimum absolute atomic E-state index is 0.0325. The van der Waals surface area contributed by atoms with Gasteiger partial charge in [-0.15, -0.1) is 0 Å². The number of benzene rings is 1. The van der Waals surface area contributed by atoms with Gasteiger partial charge in [0.15, 0.2) is 5.76 Å². The van der Waals surface area contributed by atoms with Crippen LogP contribution in [0.25, 0.3) is 6.08 Å². The number of aliphatic hydroxyl groups is 1. The second-order valence-electron chi connectivity index (χ2n) is 4.87. The summed E-state index contributed by atoms with van der Waals surface area (Å²) in [5, 5.41) is 14.5. The summed E-state index contributed by atoms with van der Waals surface area (Å²) in [6.07, 6.45) is 3.33. The molecular weight excluding hydrogens is 332 g/mol. The molecule has 126 valence electrons. The van der Waals surface area contributed by atoms with Crippen molar-refractivity contribution in [3.63, 3.8) is 0 Å². The van der Waals surface area contributed by atoms with E-state index in [4.69, 9.17) is 21.1 Å². The maximum atomic E-state index is 12.3. The van der Waals surface area contributed by atoms with Crippen LogP contribution < -0.4 is 10.6 Å². The van der Waals surface area contributed by atoms with Crippen LogP contribution in [0.4, 0.5) is 0 Å². The average Bonchev–Trinajstić information content (AvgIpc) is 3.11. The van der Waals surface area contributed by atoms with E-state index in [9.17, 15) is 9.59 Å². The normalized spacial score (nSPS) is 11.2. The van der Waals surface area contributed by atoms with Gasteiger partial charge in [-0.1, -0.05) is 23.7 Å². The fourth-order valence-corrected chi connectivity index (χ4v) is 1.98. The Morgan fingerprint density at radius 1 is 1.21 bits per heavy atom. The molecule has 0 atom stereocenters. The molecule has 2 rings (SSSR count). The molecule has 1 aromatic carbocycles. The maximum Gasteiger partial charge on any atom is 0.291 e. The number of aliphatic hydroxyl groups excluding tert-OH is 1. The van der Waals surface area contributed by atoms with E-state index in [0.717, 1.165) is 0 Å². The standard InChI is InChI=1S/C17H17ClN2O4/c18-13-6-4-12(5-7-13)11-14(16(22)19-8-2-9-21)20-17(23)15-3-1-10-24-15/h1,3-7,10-11,21H,2,8-9H2,(H,19,22)(H,20,23)/b14-11-. The molecule has 0 spiro atoms. The van der Waals surface area contributed by atoms with Gasteiger partial charge in [0.25, 0.3) is 11.8 Å². The number of amides is 2. The van der Waals surface area contributed by atoms with Gasteiger partial charge in [-0.3, -0.25) is 9.59 Å². The number of rotatable bonds is 7. The Balaban J connectivity index is 2.18. The largest absolute Gasteiger partial charge is 0.459 e. The molecule has 6 nitrogen and oxygen atoms in total. The van der Waals surface area contributed by atoms with E-state index in [2.05, 4.69) is 10.6 Å². The minimum atomic E-state index is -0.530. The molecule has 24 heavy (non-hydrogen) atoms. The van der Waals surface area contributed by atoms with E-state index in [1.54, 1.807) is 30.3 Å². The van der Waals surface area contributed by atoms with E-state index in [1.165, 1.54) is 18.4 Å². The van der Waals surface area contributed by atoms with Gasteiger partial charge in [-0.2, -0.15) is 0 Å². The number of hydrogen-bond acceptors (Lipinski definition) is 4. The molecule has 3 N–H and O–H groups in total. The molecule has 2 aromatic rings. The van der Waals surface area contributed by atoms with Crippen LogP contribution in [0.5, 0.6) is 0 Å². The summed E-state index contributed by atoms with van der Waals surface area (Å²) in [5.74, 6) is -0.893. The zero-order valence-corrected chi connectivity index (χ0v) is 13.5. The van der Waals surface area contributed by atoms with E-state index in [0.29, 0.717) is 23.6 Å². The third-order valence-electron chi connectivity index (χ3n) is 3.04. The number of nitrogens with one attached hydrogen (secondary N) is 2. The van der Waals surface area contributed by atoms with Crippen molar-refractivity contribution >= 4 is 29.5 Å². The van der Waals surface area contributed by atoms with Gasteiger partial charge >= 0.3 is 0 Å². The average molecular weight is 349 g/mol. The highest BCUT2D eigenvalue weighted by atomic mass is 35.5. The van der Waals surface area contributed by atoms with Gasteiger partial charge < -0.3 is 20.2 Å². The Labute approximate surface area is 144 Å². The quantitative estimate of drug-likeness (QED) is 0.528. The Morgan fingerprint density at radius 2 is 1.96 bits per heavy atom. The summed E-state index contributed by atoms with van der Waals surface area (Å²) >= 11 is 5.84. The highest BCUT2D eigenvalue weighted by molar-refractivity contribution is 6.30. The second kappa shape index (κ2) is 8.90. The number of halogens is 1. The molecule has 0 saturated carbocycles. The van der Waals surface area contributed by atoms with Crippen molar-refractivity contribution in [2.45, 2.75) is 6.42 Å². The van der Waals surface area contributed by atoms with E-state index < -0.39 is 11.8 Å². The van der Waals surface area contributed by atoms with Gasteiger partial charge in [0, 0.05) is 18.2 Å². The number of furan rings is 1. The first-order valence-electron chi connectivity index (χ1n) is 7.31. The zero-order valence-electron chi connectivity index (χ0n) is 12.8. The van der Waals surface area contributed by atoms with Crippen molar-refractivity contribution in [3.8, 4) is 0 Å². The number of carbonyl (C=O) groups is 2. The van der Waals surface area contributed by atoms with Crippen molar-refractivity contribution in [2.75, 3.05) is 13.2 Å². The molecule has 2 amide bonds. The third-order valence-corrected chi connectivity index (χ3v) is 3.29. The monoisotopic (exact) mass is 348 g/mol. The van der Waals surface area contributed by atoms with E-state index in [1.807, 2.05) is 0 Å². The smallest absolute Gasteiger partial charge is 0.291 e. The Hall–Kier alpha value is -2.57. The van der Waals surface area contributed by atoms with Gasteiger partial charge in [0.05, 0.1) is 6.26 Å². The molecule has 1 heterocycles. The summed E-state index contributed by atoms with van der Waals surface area (Å²) in [7, 11) is 0. The lowest BCUT2D eigenvalue weighted by atomic mass is 10.2. The molecule has 0 radical (unpaired) electrons. The van der Waals surface area contributed by atoms with Crippen molar-refractivity contribution in [1.29, 1.82) is 0 Å². The van der Waals surface area contributed by atoms with Crippen LogP contribution in [0, 0.1) is 0 Å². The van der Waals surface area contributed by atoms with Crippen LogP contribution in [0.1, 0.15) is 22.5 Å². The van der Waals surface area contributed by atoms with Crippen LogP contribution in [-0.2, 0) is 4.79 Å². The molecule has 0 saturated heterocycles. The highest BCUT2D eigenvalue weighted by Crippen LogP contribution is 2.12. The summed E-state index contributed by atoms with van der Waals surface area (Å²) in [4.78, 5) is 24.4. The molecule has 7 heteroatoms. The highest BCUT2D eigenvalue weighted by Gasteiger charge is 2.16. The van der Waals surface area contributed by atoms with Crippen LogP contribution >= 0.6 is 11.6 Å².